The maximum atomic E-state index is 6.16. The highest BCUT2D eigenvalue weighted by atomic mass is 16.5. The highest BCUT2D eigenvalue weighted by Gasteiger charge is 2.08. The maximum Gasteiger partial charge on any atom is 0.169 e. The third kappa shape index (κ3) is 5.92. The van der Waals surface area contributed by atoms with E-state index in [1.54, 1.807) is 19.5 Å². The van der Waals surface area contributed by atoms with E-state index >= 15 is 0 Å². The molecule has 0 aliphatic rings. The van der Waals surface area contributed by atoms with E-state index in [4.69, 9.17) is 9.47 Å². The van der Waals surface area contributed by atoms with E-state index in [1.165, 1.54) is 22.3 Å². The number of hydrogen-bond donors (Lipinski definition) is 0. The maximum absolute atomic E-state index is 6.16. The first kappa shape index (κ1) is 20.6. The molecule has 2 heterocycles. The van der Waals surface area contributed by atoms with Crippen LogP contribution < -0.4 is 9.47 Å². The summed E-state index contributed by atoms with van der Waals surface area (Å²) in [6.07, 6.45) is 11.2. The summed E-state index contributed by atoms with van der Waals surface area (Å²) in [5.74, 6) is 2.26. The topological polar surface area (TPSA) is 44.2 Å². The van der Waals surface area contributed by atoms with Crippen molar-refractivity contribution in [3.8, 4) is 17.2 Å². The molecule has 0 amide bonds. The van der Waals surface area contributed by atoms with Gasteiger partial charge in [-0.15, -0.1) is 0 Å². The summed E-state index contributed by atoms with van der Waals surface area (Å²) >= 11 is 0. The summed E-state index contributed by atoms with van der Waals surface area (Å²) in [6, 6.07) is 22.5. The van der Waals surface area contributed by atoms with E-state index in [0.29, 0.717) is 0 Å². The minimum atomic E-state index is 0.728. The molecule has 0 bridgehead atoms. The van der Waals surface area contributed by atoms with Gasteiger partial charge in [0.15, 0.2) is 11.5 Å². The van der Waals surface area contributed by atoms with Crippen LogP contribution in [0.25, 0.3) is 0 Å². The first-order valence-electron chi connectivity index (χ1n) is 10.5. The van der Waals surface area contributed by atoms with Crippen molar-refractivity contribution in [3.05, 3.63) is 114 Å². The number of benzene rings is 2. The second kappa shape index (κ2) is 10.4. The Bertz CT molecular complexity index is 1080. The predicted octanol–water partition coefficient (Wildman–Crippen LogP) is 5.85. The summed E-state index contributed by atoms with van der Waals surface area (Å²) in [4.78, 5) is 8.36. The van der Waals surface area contributed by atoms with Crippen LogP contribution in [0.3, 0.4) is 0 Å². The molecule has 0 radical (unpaired) electrons. The van der Waals surface area contributed by atoms with Crippen LogP contribution in [-0.2, 0) is 25.7 Å². The van der Waals surface area contributed by atoms with Gasteiger partial charge in [-0.25, -0.2) is 0 Å². The van der Waals surface area contributed by atoms with Crippen LogP contribution >= 0.6 is 0 Å². The zero-order chi connectivity index (χ0) is 21.3. The first-order valence-corrected chi connectivity index (χ1v) is 10.5. The van der Waals surface area contributed by atoms with Gasteiger partial charge < -0.3 is 9.47 Å². The molecule has 0 saturated carbocycles. The molecule has 0 aliphatic carbocycles. The average Bonchev–Trinajstić information content (AvgIpc) is 2.84. The fraction of sp³-hybridized carbons (Fsp3) is 0.185. The quantitative estimate of drug-likeness (QED) is 0.347. The van der Waals surface area contributed by atoms with Crippen molar-refractivity contribution in [2.45, 2.75) is 25.7 Å². The summed E-state index contributed by atoms with van der Waals surface area (Å²) < 4.78 is 11.7. The number of aromatic nitrogens is 2. The van der Waals surface area contributed by atoms with E-state index in [-0.39, 0.29) is 0 Å². The highest BCUT2D eigenvalue weighted by molar-refractivity contribution is 5.46. The zero-order valence-electron chi connectivity index (χ0n) is 17.7. The van der Waals surface area contributed by atoms with Crippen LogP contribution in [0.4, 0.5) is 0 Å². The molecule has 31 heavy (non-hydrogen) atoms. The van der Waals surface area contributed by atoms with Crippen molar-refractivity contribution in [1.29, 1.82) is 0 Å². The summed E-state index contributed by atoms with van der Waals surface area (Å²) in [7, 11) is 1.67. The van der Waals surface area contributed by atoms with Gasteiger partial charge in [0.1, 0.15) is 5.75 Å². The normalized spacial score (nSPS) is 10.6. The Hall–Kier alpha value is -3.66. The van der Waals surface area contributed by atoms with E-state index in [9.17, 15) is 0 Å². The molecular formula is C27H26N2O2. The zero-order valence-corrected chi connectivity index (χ0v) is 17.7. The minimum Gasteiger partial charge on any atom is -0.493 e. The summed E-state index contributed by atoms with van der Waals surface area (Å²) in [5.41, 5.74) is 4.94. The summed E-state index contributed by atoms with van der Waals surface area (Å²) in [5, 5.41) is 0. The number of nitrogens with zero attached hydrogens (tertiary/aromatic N) is 2. The average molecular weight is 411 g/mol. The fourth-order valence-corrected chi connectivity index (χ4v) is 3.48. The molecule has 2 aromatic carbocycles. The number of pyridine rings is 2. The lowest BCUT2D eigenvalue weighted by atomic mass is 10.1. The Kier molecular flexibility index (Phi) is 6.91. The lowest BCUT2D eigenvalue weighted by molar-refractivity contribution is 0.378. The van der Waals surface area contributed by atoms with Gasteiger partial charge in [0.2, 0.25) is 0 Å². The third-order valence-electron chi connectivity index (χ3n) is 5.23. The Morgan fingerprint density at radius 1 is 0.613 bits per heavy atom. The number of methoxy groups -OCH3 is 1. The minimum absolute atomic E-state index is 0.728. The molecule has 0 N–H and O–H groups in total. The second-order valence-corrected chi connectivity index (χ2v) is 7.45. The summed E-state index contributed by atoms with van der Waals surface area (Å²) in [6.45, 7) is 0. The van der Waals surface area contributed by atoms with Gasteiger partial charge in [0, 0.05) is 24.8 Å². The van der Waals surface area contributed by atoms with Gasteiger partial charge in [-0.05, 0) is 84.3 Å². The molecule has 4 heteroatoms. The number of ether oxygens (including phenoxy) is 2. The lowest BCUT2D eigenvalue weighted by Gasteiger charge is -2.13. The van der Waals surface area contributed by atoms with E-state index in [1.807, 2.05) is 42.7 Å². The van der Waals surface area contributed by atoms with Crippen LogP contribution in [0.1, 0.15) is 22.3 Å². The second-order valence-electron chi connectivity index (χ2n) is 7.45. The van der Waals surface area contributed by atoms with Gasteiger partial charge in [-0.1, -0.05) is 30.3 Å². The van der Waals surface area contributed by atoms with Crippen LogP contribution in [-0.4, -0.2) is 17.1 Å². The Balaban J connectivity index is 1.40. The molecule has 2 aromatic heterocycles. The SMILES string of the molecule is COc1ccc(CCc2cccnc2)cc1Oc1ccc(CCc2cccnc2)cc1. The van der Waals surface area contributed by atoms with Gasteiger partial charge in [0.05, 0.1) is 7.11 Å². The molecule has 4 nitrogen and oxygen atoms in total. The van der Waals surface area contributed by atoms with Gasteiger partial charge >= 0.3 is 0 Å². The van der Waals surface area contributed by atoms with Crippen molar-refractivity contribution >= 4 is 0 Å². The Morgan fingerprint density at radius 3 is 1.77 bits per heavy atom. The Labute approximate surface area is 183 Å². The van der Waals surface area contributed by atoms with Crippen LogP contribution in [0.15, 0.2) is 91.5 Å². The number of hydrogen-bond acceptors (Lipinski definition) is 4. The van der Waals surface area contributed by atoms with Crippen molar-refractivity contribution in [3.63, 3.8) is 0 Å². The smallest absolute Gasteiger partial charge is 0.169 e. The fourth-order valence-electron chi connectivity index (χ4n) is 3.48. The monoisotopic (exact) mass is 410 g/mol. The molecule has 0 spiro atoms. The van der Waals surface area contributed by atoms with E-state index in [0.717, 1.165) is 42.9 Å². The van der Waals surface area contributed by atoms with Crippen molar-refractivity contribution < 1.29 is 9.47 Å². The van der Waals surface area contributed by atoms with Gasteiger partial charge in [-0.3, -0.25) is 9.97 Å². The number of rotatable bonds is 9. The molecule has 0 atom stereocenters. The van der Waals surface area contributed by atoms with Crippen LogP contribution in [0.2, 0.25) is 0 Å². The van der Waals surface area contributed by atoms with Gasteiger partial charge in [-0.2, -0.15) is 0 Å². The predicted molar refractivity (Wildman–Crippen MR) is 123 cm³/mol. The van der Waals surface area contributed by atoms with E-state index < -0.39 is 0 Å². The molecule has 156 valence electrons. The van der Waals surface area contributed by atoms with Crippen LogP contribution in [0.5, 0.6) is 17.2 Å². The lowest BCUT2D eigenvalue weighted by Crippen LogP contribution is -1.96. The molecule has 0 fully saturated rings. The van der Waals surface area contributed by atoms with Crippen LogP contribution in [0, 0.1) is 0 Å². The third-order valence-corrected chi connectivity index (χ3v) is 5.23. The molecule has 0 saturated heterocycles. The Morgan fingerprint density at radius 2 is 1.19 bits per heavy atom. The van der Waals surface area contributed by atoms with E-state index in [2.05, 4.69) is 46.4 Å². The first-order chi connectivity index (χ1) is 15.3. The van der Waals surface area contributed by atoms with Gasteiger partial charge in [0.25, 0.3) is 0 Å². The molecule has 0 unspecified atom stereocenters. The highest BCUT2D eigenvalue weighted by Crippen LogP contribution is 2.33. The standard InChI is InChI=1S/C27H26N2O2/c1-30-26-15-12-22(7-9-24-5-3-17-29-20-24)18-27(26)31-25-13-10-21(11-14-25)6-8-23-4-2-16-28-19-23/h2-5,10-20H,6-9H2,1H3. The molecule has 0 aliphatic heterocycles. The molecular weight excluding hydrogens is 384 g/mol. The molecule has 4 rings (SSSR count). The number of aryl methyl sites for hydroxylation is 4. The van der Waals surface area contributed by atoms with Crippen molar-refractivity contribution in [2.24, 2.45) is 0 Å². The molecule has 4 aromatic rings. The van der Waals surface area contributed by atoms with Crippen molar-refractivity contribution in [1.82, 2.24) is 9.97 Å². The van der Waals surface area contributed by atoms with Crippen molar-refractivity contribution in [2.75, 3.05) is 7.11 Å². The largest absolute Gasteiger partial charge is 0.493 e.